The number of hydrogen-bond acceptors (Lipinski definition) is 4. The summed E-state index contributed by atoms with van der Waals surface area (Å²) in [6.07, 6.45) is 1.79. The summed E-state index contributed by atoms with van der Waals surface area (Å²) in [7, 11) is 1.64. The molecule has 4 heteroatoms. The molecule has 4 nitrogen and oxygen atoms in total. The molecule has 1 aliphatic heterocycles. The van der Waals surface area contributed by atoms with Crippen molar-refractivity contribution in [2.75, 3.05) is 26.9 Å². The normalized spacial score (nSPS) is 17.2. The maximum Gasteiger partial charge on any atom is 0.213 e. The zero-order valence-electron chi connectivity index (χ0n) is 8.36. The first-order valence-electron chi connectivity index (χ1n) is 4.80. The maximum absolute atomic E-state index is 5.07. The highest BCUT2D eigenvalue weighted by atomic mass is 16.5. The summed E-state index contributed by atoms with van der Waals surface area (Å²) in [5, 5.41) is 3.30. The minimum atomic E-state index is 0.689. The highest BCUT2D eigenvalue weighted by Gasteiger charge is 2.10. The second kappa shape index (κ2) is 4.39. The Morgan fingerprint density at radius 1 is 1.64 bits per heavy atom. The molecule has 1 aromatic heterocycles. The van der Waals surface area contributed by atoms with Gasteiger partial charge in [-0.2, -0.15) is 0 Å². The molecule has 0 unspecified atom stereocenters. The van der Waals surface area contributed by atoms with Crippen LogP contribution in [0.4, 0.5) is 0 Å². The predicted molar refractivity (Wildman–Crippen MR) is 54.1 cm³/mol. The largest absolute Gasteiger partial charge is 0.481 e. The number of rotatable bonds is 3. The van der Waals surface area contributed by atoms with E-state index in [1.54, 1.807) is 13.3 Å². The molecular formula is C10H15N3O. The van der Waals surface area contributed by atoms with E-state index in [2.05, 4.69) is 15.2 Å². The van der Waals surface area contributed by atoms with Gasteiger partial charge < -0.3 is 10.1 Å². The summed E-state index contributed by atoms with van der Waals surface area (Å²) in [5.74, 6) is 0.689. The summed E-state index contributed by atoms with van der Waals surface area (Å²) >= 11 is 0. The van der Waals surface area contributed by atoms with Crippen LogP contribution in [0.15, 0.2) is 18.3 Å². The first-order chi connectivity index (χ1) is 6.88. The highest BCUT2D eigenvalue weighted by molar-refractivity contribution is 5.20. The van der Waals surface area contributed by atoms with Crippen LogP contribution in [0.1, 0.15) is 5.56 Å². The van der Waals surface area contributed by atoms with Gasteiger partial charge in [0, 0.05) is 38.6 Å². The molecule has 0 radical (unpaired) electrons. The van der Waals surface area contributed by atoms with Crippen molar-refractivity contribution in [3.63, 3.8) is 0 Å². The summed E-state index contributed by atoms with van der Waals surface area (Å²) in [5.41, 5.74) is 1.25. The van der Waals surface area contributed by atoms with Crippen LogP contribution in [0, 0.1) is 0 Å². The number of ether oxygens (including phenoxy) is 1. The SMILES string of the molecule is COc1cc(CN2CCNC2)ccn1. The van der Waals surface area contributed by atoms with Crippen LogP contribution in [-0.4, -0.2) is 36.8 Å². The molecule has 1 aromatic rings. The zero-order chi connectivity index (χ0) is 9.80. The Bertz CT molecular complexity index is 297. The molecule has 1 fully saturated rings. The summed E-state index contributed by atoms with van der Waals surface area (Å²) in [6, 6.07) is 4.01. The lowest BCUT2D eigenvalue weighted by Crippen LogP contribution is -2.21. The minimum absolute atomic E-state index is 0.689. The fourth-order valence-corrected chi connectivity index (χ4v) is 1.61. The number of methoxy groups -OCH3 is 1. The smallest absolute Gasteiger partial charge is 0.213 e. The molecule has 0 atom stereocenters. The molecule has 1 N–H and O–H groups in total. The van der Waals surface area contributed by atoms with E-state index in [0.29, 0.717) is 5.88 Å². The maximum atomic E-state index is 5.07. The molecule has 0 amide bonds. The standard InChI is InChI=1S/C10H15N3O/c1-14-10-6-9(2-3-12-10)7-13-5-4-11-8-13/h2-3,6,11H,4-5,7-8H2,1H3. The lowest BCUT2D eigenvalue weighted by atomic mass is 10.2. The molecule has 1 aliphatic rings. The minimum Gasteiger partial charge on any atom is -0.481 e. The van der Waals surface area contributed by atoms with Crippen LogP contribution in [0.25, 0.3) is 0 Å². The Balaban J connectivity index is 2.00. The molecule has 2 rings (SSSR count). The van der Waals surface area contributed by atoms with Crippen molar-refractivity contribution in [3.8, 4) is 5.88 Å². The summed E-state index contributed by atoms with van der Waals surface area (Å²) < 4.78 is 5.07. The van der Waals surface area contributed by atoms with Crippen molar-refractivity contribution < 1.29 is 4.74 Å². The van der Waals surface area contributed by atoms with Gasteiger partial charge in [-0.3, -0.25) is 4.90 Å². The van der Waals surface area contributed by atoms with Crippen molar-refractivity contribution in [2.24, 2.45) is 0 Å². The van der Waals surface area contributed by atoms with E-state index in [9.17, 15) is 0 Å². The molecular weight excluding hydrogens is 178 g/mol. The lowest BCUT2D eigenvalue weighted by molar-refractivity contribution is 0.326. The van der Waals surface area contributed by atoms with Crippen molar-refractivity contribution in [2.45, 2.75) is 6.54 Å². The van der Waals surface area contributed by atoms with E-state index in [1.165, 1.54) is 5.56 Å². The van der Waals surface area contributed by atoms with Crippen LogP contribution < -0.4 is 10.1 Å². The Morgan fingerprint density at radius 3 is 3.29 bits per heavy atom. The topological polar surface area (TPSA) is 37.4 Å². The predicted octanol–water partition coefficient (Wildman–Crippen LogP) is 0.453. The van der Waals surface area contributed by atoms with Gasteiger partial charge in [0.1, 0.15) is 0 Å². The van der Waals surface area contributed by atoms with Crippen LogP contribution in [-0.2, 0) is 6.54 Å². The van der Waals surface area contributed by atoms with Gasteiger partial charge in [-0.15, -0.1) is 0 Å². The molecule has 2 heterocycles. The Hall–Kier alpha value is -1.13. The molecule has 1 saturated heterocycles. The first kappa shape index (κ1) is 9.43. The van der Waals surface area contributed by atoms with E-state index >= 15 is 0 Å². The second-order valence-electron chi connectivity index (χ2n) is 3.42. The Labute approximate surface area is 83.9 Å². The molecule has 76 valence electrons. The van der Waals surface area contributed by atoms with E-state index in [1.807, 2.05) is 12.1 Å². The fourth-order valence-electron chi connectivity index (χ4n) is 1.61. The van der Waals surface area contributed by atoms with Crippen LogP contribution in [0.2, 0.25) is 0 Å². The molecule has 14 heavy (non-hydrogen) atoms. The van der Waals surface area contributed by atoms with E-state index < -0.39 is 0 Å². The van der Waals surface area contributed by atoms with Crippen molar-refractivity contribution in [1.82, 2.24) is 15.2 Å². The van der Waals surface area contributed by atoms with Crippen molar-refractivity contribution >= 4 is 0 Å². The third-order valence-corrected chi connectivity index (χ3v) is 2.35. The number of hydrogen-bond donors (Lipinski definition) is 1. The van der Waals surface area contributed by atoms with E-state index in [4.69, 9.17) is 4.74 Å². The van der Waals surface area contributed by atoms with Crippen molar-refractivity contribution in [3.05, 3.63) is 23.9 Å². The van der Waals surface area contributed by atoms with Gasteiger partial charge in [0.2, 0.25) is 5.88 Å². The van der Waals surface area contributed by atoms with Gasteiger partial charge in [0.05, 0.1) is 7.11 Å². The number of pyridine rings is 1. The van der Waals surface area contributed by atoms with Gasteiger partial charge in [-0.25, -0.2) is 4.98 Å². The quantitative estimate of drug-likeness (QED) is 0.756. The van der Waals surface area contributed by atoms with Gasteiger partial charge in [-0.05, 0) is 11.6 Å². The van der Waals surface area contributed by atoms with Gasteiger partial charge in [-0.1, -0.05) is 0 Å². The van der Waals surface area contributed by atoms with Crippen LogP contribution in [0.3, 0.4) is 0 Å². The number of nitrogens with one attached hydrogen (secondary N) is 1. The number of nitrogens with zero attached hydrogens (tertiary/aromatic N) is 2. The first-order valence-corrected chi connectivity index (χ1v) is 4.80. The van der Waals surface area contributed by atoms with Crippen LogP contribution >= 0.6 is 0 Å². The lowest BCUT2D eigenvalue weighted by Gasteiger charge is -2.13. The Kier molecular flexibility index (Phi) is 2.96. The highest BCUT2D eigenvalue weighted by Crippen LogP contribution is 2.11. The molecule has 0 aliphatic carbocycles. The average Bonchev–Trinajstić information content (AvgIpc) is 2.71. The van der Waals surface area contributed by atoms with E-state index in [0.717, 1.165) is 26.3 Å². The van der Waals surface area contributed by atoms with Crippen molar-refractivity contribution in [1.29, 1.82) is 0 Å². The molecule has 0 aromatic carbocycles. The zero-order valence-corrected chi connectivity index (χ0v) is 8.36. The average molecular weight is 193 g/mol. The van der Waals surface area contributed by atoms with Gasteiger partial charge >= 0.3 is 0 Å². The summed E-state index contributed by atoms with van der Waals surface area (Å²) in [6.45, 7) is 4.14. The van der Waals surface area contributed by atoms with E-state index in [-0.39, 0.29) is 0 Å². The van der Waals surface area contributed by atoms with Gasteiger partial charge in [0.15, 0.2) is 0 Å². The summed E-state index contributed by atoms with van der Waals surface area (Å²) in [4.78, 5) is 6.43. The number of aromatic nitrogens is 1. The fraction of sp³-hybridized carbons (Fsp3) is 0.500. The monoisotopic (exact) mass is 193 g/mol. The third-order valence-electron chi connectivity index (χ3n) is 2.35. The Morgan fingerprint density at radius 2 is 2.57 bits per heavy atom. The second-order valence-corrected chi connectivity index (χ2v) is 3.42. The molecule has 0 bridgehead atoms. The third kappa shape index (κ3) is 2.21. The molecule has 0 spiro atoms. The molecule has 0 saturated carbocycles. The van der Waals surface area contributed by atoms with Crippen LogP contribution in [0.5, 0.6) is 5.88 Å². The van der Waals surface area contributed by atoms with Gasteiger partial charge in [0.25, 0.3) is 0 Å².